The number of sulfonamides is 1. The summed E-state index contributed by atoms with van der Waals surface area (Å²) in [6.45, 7) is 0. The smallest absolute Gasteiger partial charge is 0.261 e. The van der Waals surface area contributed by atoms with Gasteiger partial charge in [-0.2, -0.15) is 0 Å². The van der Waals surface area contributed by atoms with Crippen LogP contribution in [0, 0.1) is 0 Å². The topological polar surface area (TPSA) is 84.5 Å². The third-order valence-electron chi connectivity index (χ3n) is 3.05. The quantitative estimate of drug-likeness (QED) is 0.810. The van der Waals surface area contributed by atoms with Gasteiger partial charge in [0.2, 0.25) is 0 Å². The number of methoxy groups -OCH3 is 1. The van der Waals surface area contributed by atoms with Crippen molar-refractivity contribution in [1.29, 1.82) is 0 Å². The second kappa shape index (κ2) is 7.01. The van der Waals surface area contributed by atoms with Crippen molar-refractivity contribution in [3.05, 3.63) is 52.5 Å². The van der Waals surface area contributed by atoms with Crippen LogP contribution in [-0.4, -0.2) is 28.5 Å². The zero-order valence-corrected chi connectivity index (χ0v) is 14.9. The Morgan fingerprint density at radius 2 is 1.78 bits per heavy atom. The van der Waals surface area contributed by atoms with Crippen molar-refractivity contribution in [2.75, 3.05) is 18.9 Å². The summed E-state index contributed by atoms with van der Waals surface area (Å²) in [5, 5.41) is 2.45. The molecule has 8 heteroatoms. The molecule has 0 unspecified atom stereocenters. The first kappa shape index (κ1) is 17.3. The highest BCUT2D eigenvalue weighted by molar-refractivity contribution is 9.10. The molecule has 122 valence electrons. The summed E-state index contributed by atoms with van der Waals surface area (Å²) in [5.41, 5.74) is 0.569. The standard InChI is InChI=1S/C15H15BrN2O4S/c1-17-15(19)13-9-12(7-8-14(13)22-2)23(20,21)18-11-5-3-10(16)4-6-11/h3-9,18H,1-2H3,(H,17,19). The van der Waals surface area contributed by atoms with Gasteiger partial charge in [0, 0.05) is 17.2 Å². The van der Waals surface area contributed by atoms with E-state index in [2.05, 4.69) is 26.0 Å². The Morgan fingerprint density at radius 1 is 1.13 bits per heavy atom. The molecular formula is C15H15BrN2O4S. The maximum atomic E-state index is 12.5. The van der Waals surface area contributed by atoms with Gasteiger partial charge in [0.15, 0.2) is 0 Å². The van der Waals surface area contributed by atoms with Crippen LogP contribution < -0.4 is 14.8 Å². The molecule has 0 saturated carbocycles. The molecule has 2 aromatic carbocycles. The second-order valence-corrected chi connectivity index (χ2v) is 7.15. The number of anilines is 1. The molecule has 6 nitrogen and oxygen atoms in total. The minimum atomic E-state index is -3.82. The number of carbonyl (C=O) groups is 1. The minimum absolute atomic E-state index is 0.0279. The van der Waals surface area contributed by atoms with Gasteiger partial charge in [-0.15, -0.1) is 0 Å². The molecule has 2 N–H and O–H groups in total. The van der Waals surface area contributed by atoms with E-state index in [0.717, 1.165) is 4.47 Å². The Morgan fingerprint density at radius 3 is 2.35 bits per heavy atom. The molecule has 2 rings (SSSR count). The molecule has 1 amide bonds. The highest BCUT2D eigenvalue weighted by Crippen LogP contribution is 2.24. The van der Waals surface area contributed by atoms with Gasteiger partial charge in [0.25, 0.3) is 15.9 Å². The van der Waals surface area contributed by atoms with E-state index in [1.807, 2.05) is 0 Å². The Bertz CT molecular complexity index is 820. The van der Waals surface area contributed by atoms with Gasteiger partial charge in [-0.25, -0.2) is 8.42 Å². The zero-order valence-electron chi connectivity index (χ0n) is 12.5. The fourth-order valence-corrected chi connectivity index (χ4v) is 3.25. The van der Waals surface area contributed by atoms with Crippen LogP contribution in [0.15, 0.2) is 51.8 Å². The van der Waals surface area contributed by atoms with E-state index in [9.17, 15) is 13.2 Å². The highest BCUT2D eigenvalue weighted by Gasteiger charge is 2.19. The normalized spacial score (nSPS) is 10.9. The van der Waals surface area contributed by atoms with Crippen LogP contribution in [0.5, 0.6) is 5.75 Å². The number of nitrogens with one attached hydrogen (secondary N) is 2. The number of rotatable bonds is 5. The van der Waals surface area contributed by atoms with E-state index < -0.39 is 15.9 Å². The lowest BCUT2D eigenvalue weighted by Gasteiger charge is -2.12. The molecule has 0 bridgehead atoms. The first-order valence-electron chi connectivity index (χ1n) is 6.56. The van der Waals surface area contributed by atoms with Gasteiger partial charge in [-0.1, -0.05) is 15.9 Å². The second-order valence-electron chi connectivity index (χ2n) is 4.55. The fraction of sp³-hybridized carbons (Fsp3) is 0.133. The molecule has 0 heterocycles. The van der Waals surface area contributed by atoms with Crippen molar-refractivity contribution < 1.29 is 17.9 Å². The molecule has 0 atom stereocenters. The lowest BCUT2D eigenvalue weighted by atomic mass is 10.2. The van der Waals surface area contributed by atoms with Crippen molar-refractivity contribution in [2.45, 2.75) is 4.90 Å². The number of hydrogen-bond donors (Lipinski definition) is 2. The molecule has 2 aromatic rings. The van der Waals surface area contributed by atoms with Crippen molar-refractivity contribution >= 4 is 37.5 Å². The first-order valence-corrected chi connectivity index (χ1v) is 8.83. The molecule has 0 fully saturated rings. The third kappa shape index (κ3) is 4.02. The van der Waals surface area contributed by atoms with Crippen LogP contribution in [-0.2, 0) is 10.0 Å². The monoisotopic (exact) mass is 398 g/mol. The lowest BCUT2D eigenvalue weighted by molar-refractivity contribution is 0.0960. The molecular weight excluding hydrogens is 384 g/mol. The van der Waals surface area contributed by atoms with Crippen LogP contribution in [0.4, 0.5) is 5.69 Å². The predicted molar refractivity (Wildman–Crippen MR) is 91.3 cm³/mol. The number of hydrogen-bond acceptors (Lipinski definition) is 4. The maximum absolute atomic E-state index is 12.5. The molecule has 0 spiro atoms. The molecule has 23 heavy (non-hydrogen) atoms. The molecule has 0 saturated heterocycles. The van der Waals surface area contributed by atoms with Crippen molar-refractivity contribution in [3.8, 4) is 5.75 Å². The van der Waals surface area contributed by atoms with Crippen molar-refractivity contribution in [2.24, 2.45) is 0 Å². The van der Waals surface area contributed by atoms with Gasteiger partial charge < -0.3 is 10.1 Å². The van der Waals surface area contributed by atoms with E-state index in [1.54, 1.807) is 24.3 Å². The average molecular weight is 399 g/mol. The van der Waals surface area contributed by atoms with E-state index in [4.69, 9.17) is 4.74 Å². The van der Waals surface area contributed by atoms with Gasteiger partial charge >= 0.3 is 0 Å². The first-order chi connectivity index (χ1) is 10.9. The number of halogens is 1. The van der Waals surface area contributed by atoms with Crippen LogP contribution >= 0.6 is 15.9 Å². The van der Waals surface area contributed by atoms with Crippen LogP contribution in [0.1, 0.15) is 10.4 Å². The molecule has 0 radical (unpaired) electrons. The van der Waals surface area contributed by atoms with Crippen LogP contribution in [0.25, 0.3) is 0 Å². The maximum Gasteiger partial charge on any atom is 0.261 e. The Hall–Kier alpha value is -2.06. The molecule has 0 aromatic heterocycles. The molecule has 0 aliphatic rings. The van der Waals surface area contributed by atoms with Gasteiger partial charge in [0.05, 0.1) is 17.6 Å². The van der Waals surface area contributed by atoms with Crippen molar-refractivity contribution in [3.63, 3.8) is 0 Å². The minimum Gasteiger partial charge on any atom is -0.496 e. The van der Waals surface area contributed by atoms with Crippen LogP contribution in [0.2, 0.25) is 0 Å². The van der Waals surface area contributed by atoms with Gasteiger partial charge in [-0.05, 0) is 42.5 Å². The van der Waals surface area contributed by atoms with Gasteiger partial charge in [-0.3, -0.25) is 9.52 Å². The van der Waals surface area contributed by atoms with E-state index in [-0.39, 0.29) is 10.5 Å². The number of amides is 1. The zero-order chi connectivity index (χ0) is 17.0. The summed E-state index contributed by atoms with van der Waals surface area (Å²) in [6, 6.07) is 10.8. The molecule has 0 aliphatic heterocycles. The number of carbonyl (C=O) groups excluding carboxylic acids is 1. The lowest BCUT2D eigenvalue weighted by Crippen LogP contribution is -2.20. The Balaban J connectivity index is 2.39. The van der Waals surface area contributed by atoms with E-state index in [1.165, 1.54) is 32.4 Å². The highest BCUT2D eigenvalue weighted by atomic mass is 79.9. The van der Waals surface area contributed by atoms with Crippen molar-refractivity contribution in [1.82, 2.24) is 5.32 Å². The Labute approximate surface area is 143 Å². The Kier molecular flexibility index (Phi) is 5.27. The molecule has 0 aliphatic carbocycles. The largest absolute Gasteiger partial charge is 0.496 e. The summed E-state index contributed by atoms with van der Waals surface area (Å²) < 4.78 is 33.3. The van der Waals surface area contributed by atoms with E-state index >= 15 is 0 Å². The SMILES string of the molecule is CNC(=O)c1cc(S(=O)(=O)Nc2ccc(Br)cc2)ccc1OC. The summed E-state index contributed by atoms with van der Waals surface area (Å²) >= 11 is 3.28. The summed E-state index contributed by atoms with van der Waals surface area (Å²) in [7, 11) is -0.942. The summed E-state index contributed by atoms with van der Waals surface area (Å²) in [6.07, 6.45) is 0. The number of ether oxygens (including phenoxy) is 1. The number of benzene rings is 2. The van der Waals surface area contributed by atoms with Crippen LogP contribution in [0.3, 0.4) is 0 Å². The average Bonchev–Trinajstić information content (AvgIpc) is 2.55. The predicted octanol–water partition coefficient (Wildman–Crippen LogP) is 2.62. The summed E-state index contributed by atoms with van der Waals surface area (Å²) in [4.78, 5) is 11.8. The van der Waals surface area contributed by atoms with E-state index in [0.29, 0.717) is 11.4 Å². The third-order valence-corrected chi connectivity index (χ3v) is 4.96. The summed E-state index contributed by atoms with van der Waals surface area (Å²) in [5.74, 6) is -0.130. The van der Waals surface area contributed by atoms with Gasteiger partial charge in [0.1, 0.15) is 5.75 Å². The fourth-order valence-electron chi connectivity index (χ4n) is 1.90.